The minimum Gasteiger partial charge on any atom is -0.310 e. The van der Waals surface area contributed by atoms with E-state index in [9.17, 15) is 0 Å². The van der Waals surface area contributed by atoms with Crippen LogP contribution in [0.25, 0.3) is 0 Å². The van der Waals surface area contributed by atoms with E-state index >= 15 is 0 Å². The summed E-state index contributed by atoms with van der Waals surface area (Å²) in [6.45, 7) is 3.04. The van der Waals surface area contributed by atoms with Gasteiger partial charge in [-0.2, -0.15) is 0 Å². The van der Waals surface area contributed by atoms with Crippen LogP contribution in [0.4, 0.5) is 0 Å². The topological polar surface area (TPSA) is 24.9 Å². The number of hydrogen-bond donors (Lipinski definition) is 1. The van der Waals surface area contributed by atoms with Gasteiger partial charge in [-0.15, -0.1) is 11.3 Å². The first kappa shape index (κ1) is 12.6. The highest BCUT2D eigenvalue weighted by atomic mass is 35.5. The maximum absolute atomic E-state index is 6.14. The van der Waals surface area contributed by atoms with Crippen LogP contribution in [-0.4, -0.2) is 11.5 Å². The molecule has 0 amide bonds. The molecule has 0 saturated carbocycles. The third-order valence-corrected chi connectivity index (χ3v) is 4.03. The molecule has 17 heavy (non-hydrogen) atoms. The van der Waals surface area contributed by atoms with Gasteiger partial charge in [0.2, 0.25) is 0 Å². The average Bonchev–Trinajstić information content (AvgIpc) is 2.76. The van der Waals surface area contributed by atoms with Gasteiger partial charge in [0.15, 0.2) is 0 Å². The number of rotatable bonds is 5. The lowest BCUT2D eigenvalue weighted by molar-refractivity contribution is 0.552. The number of aromatic nitrogens is 1. The Bertz CT molecular complexity index is 455. The number of thiophene rings is 1. The molecule has 90 valence electrons. The molecule has 0 radical (unpaired) electrons. The lowest BCUT2D eigenvalue weighted by Gasteiger charge is -2.17. The summed E-state index contributed by atoms with van der Waals surface area (Å²) in [6, 6.07) is 6.30. The van der Waals surface area contributed by atoms with Crippen LogP contribution in [-0.2, 0) is 6.42 Å². The van der Waals surface area contributed by atoms with Crippen molar-refractivity contribution < 1.29 is 0 Å². The van der Waals surface area contributed by atoms with Crippen LogP contribution in [0.3, 0.4) is 0 Å². The Labute approximate surface area is 111 Å². The molecule has 2 heterocycles. The molecule has 2 rings (SSSR count). The smallest absolute Gasteiger partial charge is 0.0545 e. The van der Waals surface area contributed by atoms with Crippen molar-refractivity contribution in [2.24, 2.45) is 0 Å². The van der Waals surface area contributed by atoms with Crippen molar-refractivity contribution in [1.82, 2.24) is 10.3 Å². The largest absolute Gasteiger partial charge is 0.310 e. The summed E-state index contributed by atoms with van der Waals surface area (Å²) in [7, 11) is 0. The molecule has 1 N–H and O–H groups in total. The first-order chi connectivity index (χ1) is 8.31. The summed E-state index contributed by atoms with van der Waals surface area (Å²) in [5.41, 5.74) is 1.21. The molecule has 2 aromatic rings. The zero-order chi connectivity index (χ0) is 12.1. The minimum atomic E-state index is 0.282. The predicted molar refractivity (Wildman–Crippen MR) is 73.7 cm³/mol. The summed E-state index contributed by atoms with van der Waals surface area (Å²) in [6.07, 6.45) is 4.62. The molecule has 0 spiro atoms. The van der Waals surface area contributed by atoms with Crippen LogP contribution in [0.15, 0.2) is 36.0 Å². The van der Waals surface area contributed by atoms with Gasteiger partial charge >= 0.3 is 0 Å². The van der Waals surface area contributed by atoms with E-state index in [1.54, 1.807) is 17.5 Å². The highest BCUT2D eigenvalue weighted by Crippen LogP contribution is 2.27. The summed E-state index contributed by atoms with van der Waals surface area (Å²) in [5.74, 6) is 0. The fourth-order valence-corrected chi connectivity index (χ4v) is 2.95. The summed E-state index contributed by atoms with van der Waals surface area (Å²) < 4.78 is 0. The van der Waals surface area contributed by atoms with E-state index in [1.165, 1.54) is 10.4 Å². The van der Waals surface area contributed by atoms with Crippen LogP contribution in [0.2, 0.25) is 5.02 Å². The van der Waals surface area contributed by atoms with Gasteiger partial charge in [-0.1, -0.05) is 24.6 Å². The van der Waals surface area contributed by atoms with Crippen LogP contribution in [0.5, 0.6) is 0 Å². The number of nitrogens with one attached hydrogen (secondary N) is 1. The van der Waals surface area contributed by atoms with E-state index in [0.717, 1.165) is 18.0 Å². The van der Waals surface area contributed by atoms with Gasteiger partial charge in [-0.3, -0.25) is 4.98 Å². The fraction of sp³-hybridized carbons (Fsp3) is 0.308. The number of nitrogens with zero attached hydrogens (tertiary/aromatic N) is 1. The molecule has 0 aliphatic rings. The van der Waals surface area contributed by atoms with Crippen molar-refractivity contribution in [2.75, 3.05) is 6.54 Å². The zero-order valence-electron chi connectivity index (χ0n) is 9.69. The Morgan fingerprint density at radius 3 is 2.94 bits per heavy atom. The maximum Gasteiger partial charge on any atom is 0.0545 e. The van der Waals surface area contributed by atoms with Crippen molar-refractivity contribution in [1.29, 1.82) is 0 Å². The van der Waals surface area contributed by atoms with Crippen LogP contribution in [0, 0.1) is 0 Å². The van der Waals surface area contributed by atoms with E-state index < -0.39 is 0 Å². The molecular formula is C13H15ClN2S. The second-order valence-corrected chi connectivity index (χ2v) is 5.20. The number of pyridine rings is 1. The van der Waals surface area contributed by atoms with Crippen molar-refractivity contribution in [3.8, 4) is 0 Å². The van der Waals surface area contributed by atoms with Crippen molar-refractivity contribution in [3.05, 3.63) is 51.4 Å². The van der Waals surface area contributed by atoms with Crippen molar-refractivity contribution in [2.45, 2.75) is 19.4 Å². The van der Waals surface area contributed by atoms with Gasteiger partial charge in [-0.05, 0) is 29.6 Å². The molecular weight excluding hydrogens is 252 g/mol. The number of likely N-dealkylation sites (N-methyl/N-ethyl adjacent to an activating group) is 1. The highest BCUT2D eigenvalue weighted by Gasteiger charge is 2.13. The van der Waals surface area contributed by atoms with Crippen LogP contribution in [0.1, 0.15) is 23.4 Å². The summed E-state index contributed by atoms with van der Waals surface area (Å²) in [5, 5.41) is 6.37. The van der Waals surface area contributed by atoms with Crippen LogP contribution < -0.4 is 5.32 Å². The van der Waals surface area contributed by atoms with Gasteiger partial charge < -0.3 is 5.32 Å². The van der Waals surface area contributed by atoms with Crippen molar-refractivity contribution in [3.63, 3.8) is 0 Å². The SMILES string of the molecule is CCNC(Cc1sccc1Cl)c1cccnc1. The molecule has 1 atom stereocenters. The predicted octanol–water partition coefficient (Wildman–Crippen LogP) is 3.69. The van der Waals surface area contributed by atoms with E-state index in [-0.39, 0.29) is 6.04 Å². The minimum absolute atomic E-state index is 0.282. The van der Waals surface area contributed by atoms with Gasteiger partial charge in [0, 0.05) is 29.7 Å². The Hall–Kier alpha value is -0.900. The first-order valence-electron chi connectivity index (χ1n) is 5.66. The molecule has 0 fully saturated rings. The molecule has 0 aliphatic heterocycles. The standard InChI is InChI=1S/C13H15ClN2S/c1-2-16-12(10-4-3-6-15-9-10)8-13-11(14)5-7-17-13/h3-7,9,12,16H,2,8H2,1H3. The van der Waals surface area contributed by atoms with E-state index in [2.05, 4.69) is 23.3 Å². The molecule has 0 bridgehead atoms. The Morgan fingerprint density at radius 2 is 2.35 bits per heavy atom. The Kier molecular flexibility index (Phi) is 4.54. The fourth-order valence-electron chi connectivity index (χ4n) is 1.79. The van der Waals surface area contributed by atoms with E-state index in [1.807, 2.05) is 23.7 Å². The monoisotopic (exact) mass is 266 g/mol. The van der Waals surface area contributed by atoms with Crippen molar-refractivity contribution >= 4 is 22.9 Å². The van der Waals surface area contributed by atoms with Gasteiger partial charge in [0.25, 0.3) is 0 Å². The molecule has 0 saturated heterocycles. The zero-order valence-corrected chi connectivity index (χ0v) is 11.3. The second kappa shape index (κ2) is 6.15. The molecule has 0 aromatic carbocycles. The number of halogens is 1. The lowest BCUT2D eigenvalue weighted by Crippen LogP contribution is -2.22. The lowest BCUT2D eigenvalue weighted by atomic mass is 10.1. The Morgan fingerprint density at radius 1 is 1.47 bits per heavy atom. The number of hydrogen-bond acceptors (Lipinski definition) is 3. The molecule has 4 heteroatoms. The van der Waals surface area contributed by atoms with E-state index in [4.69, 9.17) is 11.6 Å². The Balaban J connectivity index is 2.16. The van der Waals surface area contributed by atoms with E-state index in [0.29, 0.717) is 0 Å². The van der Waals surface area contributed by atoms with Gasteiger partial charge in [0.1, 0.15) is 0 Å². The average molecular weight is 267 g/mol. The third kappa shape index (κ3) is 3.28. The second-order valence-electron chi connectivity index (χ2n) is 3.79. The first-order valence-corrected chi connectivity index (χ1v) is 6.92. The molecule has 1 unspecified atom stereocenters. The summed E-state index contributed by atoms with van der Waals surface area (Å²) in [4.78, 5) is 5.39. The van der Waals surface area contributed by atoms with Gasteiger partial charge in [-0.25, -0.2) is 0 Å². The molecule has 2 nitrogen and oxygen atoms in total. The van der Waals surface area contributed by atoms with Crippen LogP contribution >= 0.6 is 22.9 Å². The maximum atomic E-state index is 6.14. The normalized spacial score (nSPS) is 12.6. The summed E-state index contributed by atoms with van der Waals surface area (Å²) >= 11 is 7.84. The quantitative estimate of drug-likeness (QED) is 0.893. The highest BCUT2D eigenvalue weighted by molar-refractivity contribution is 7.10. The third-order valence-electron chi connectivity index (χ3n) is 2.62. The molecule has 2 aromatic heterocycles. The van der Waals surface area contributed by atoms with Gasteiger partial charge in [0.05, 0.1) is 5.02 Å². The molecule has 0 aliphatic carbocycles.